The van der Waals surface area contributed by atoms with Crippen molar-refractivity contribution in [1.29, 1.82) is 0 Å². The predicted molar refractivity (Wildman–Crippen MR) is 90.8 cm³/mol. The van der Waals surface area contributed by atoms with E-state index in [9.17, 15) is 20.4 Å². The number of hydrogen-bond acceptors (Lipinski definition) is 6. The summed E-state index contributed by atoms with van der Waals surface area (Å²) < 4.78 is 5.68. The van der Waals surface area contributed by atoms with Crippen molar-refractivity contribution in [1.82, 2.24) is 4.90 Å². The zero-order valence-electron chi connectivity index (χ0n) is 14.2. The first-order valence-electron chi connectivity index (χ1n) is 8.67. The number of benzene rings is 1. The van der Waals surface area contributed by atoms with Crippen LogP contribution in [0.4, 0.5) is 0 Å². The van der Waals surface area contributed by atoms with Crippen LogP contribution in [0.2, 0.25) is 0 Å². The lowest BCUT2D eigenvalue weighted by Gasteiger charge is -2.43. The molecule has 1 fully saturated rings. The second kappa shape index (κ2) is 9.34. The van der Waals surface area contributed by atoms with Crippen molar-refractivity contribution in [3.05, 3.63) is 29.8 Å². The summed E-state index contributed by atoms with van der Waals surface area (Å²) in [7, 11) is 0. The average Bonchev–Trinajstić information content (AvgIpc) is 2.58. The summed E-state index contributed by atoms with van der Waals surface area (Å²) in [5.41, 5.74) is 0.991. The van der Waals surface area contributed by atoms with Gasteiger partial charge in [-0.3, -0.25) is 4.90 Å². The third-order valence-electron chi connectivity index (χ3n) is 4.54. The second-order valence-corrected chi connectivity index (χ2v) is 6.43. The molecule has 0 bridgehead atoms. The summed E-state index contributed by atoms with van der Waals surface area (Å²) >= 11 is 0. The van der Waals surface area contributed by atoms with E-state index in [0.29, 0.717) is 13.2 Å². The number of hydrogen-bond donors (Lipinski definition) is 4. The van der Waals surface area contributed by atoms with Gasteiger partial charge in [0, 0.05) is 13.1 Å². The Morgan fingerprint density at radius 2 is 1.79 bits per heavy atom. The molecule has 1 heterocycles. The Morgan fingerprint density at radius 3 is 2.42 bits per heavy atom. The quantitative estimate of drug-likeness (QED) is 0.516. The van der Waals surface area contributed by atoms with Gasteiger partial charge in [-0.1, -0.05) is 31.9 Å². The van der Waals surface area contributed by atoms with Crippen molar-refractivity contribution in [2.45, 2.75) is 57.1 Å². The smallest absolute Gasteiger partial charge is 0.119 e. The highest BCUT2D eigenvalue weighted by molar-refractivity contribution is 5.27. The highest BCUT2D eigenvalue weighted by atomic mass is 16.5. The zero-order valence-corrected chi connectivity index (χ0v) is 14.2. The highest BCUT2D eigenvalue weighted by Gasteiger charge is 2.40. The molecule has 1 saturated heterocycles. The van der Waals surface area contributed by atoms with Gasteiger partial charge in [-0.25, -0.2) is 0 Å². The van der Waals surface area contributed by atoms with E-state index in [0.717, 1.165) is 30.6 Å². The van der Waals surface area contributed by atoms with Gasteiger partial charge in [0.15, 0.2) is 0 Å². The van der Waals surface area contributed by atoms with Crippen molar-refractivity contribution in [2.24, 2.45) is 0 Å². The minimum Gasteiger partial charge on any atom is -0.494 e. The fraction of sp³-hybridized carbons (Fsp3) is 0.667. The average molecular weight is 339 g/mol. The Kier molecular flexibility index (Phi) is 7.45. The van der Waals surface area contributed by atoms with Crippen LogP contribution in [0.25, 0.3) is 0 Å². The molecule has 0 spiro atoms. The molecule has 0 radical (unpaired) electrons. The van der Waals surface area contributed by atoms with Crippen molar-refractivity contribution in [3.8, 4) is 5.75 Å². The molecule has 6 heteroatoms. The summed E-state index contributed by atoms with van der Waals surface area (Å²) in [5.74, 6) is 0.822. The van der Waals surface area contributed by atoms with E-state index in [2.05, 4.69) is 6.92 Å². The van der Waals surface area contributed by atoms with Crippen molar-refractivity contribution < 1.29 is 25.2 Å². The fourth-order valence-corrected chi connectivity index (χ4v) is 3.03. The molecule has 4 atom stereocenters. The molecule has 4 N–H and O–H groups in total. The molecule has 1 aliphatic rings. The maximum atomic E-state index is 10.0. The Balaban J connectivity index is 1.92. The summed E-state index contributed by atoms with van der Waals surface area (Å²) in [6.07, 6.45) is -0.0495. The standard InChI is InChI=1S/C18H29NO5/c1-2-3-4-9-24-14-7-5-13(6-8-14)10-19-11-16(21)18(23)17(22)15(19)12-20/h5-8,15-18,20-23H,2-4,9-12H2,1H3. The lowest BCUT2D eigenvalue weighted by Crippen LogP contribution is -2.62. The Morgan fingerprint density at radius 1 is 1.08 bits per heavy atom. The maximum absolute atomic E-state index is 10.0. The molecule has 0 amide bonds. The number of rotatable bonds is 8. The molecule has 1 aliphatic heterocycles. The first-order chi connectivity index (χ1) is 11.6. The molecule has 4 unspecified atom stereocenters. The summed E-state index contributed by atoms with van der Waals surface area (Å²) in [6.45, 7) is 3.27. The lowest BCUT2D eigenvalue weighted by atomic mass is 9.94. The molecule has 0 aromatic heterocycles. The molecule has 0 saturated carbocycles. The zero-order chi connectivity index (χ0) is 17.5. The summed E-state index contributed by atoms with van der Waals surface area (Å²) in [5, 5.41) is 39.1. The van der Waals surface area contributed by atoms with Gasteiger partial charge in [-0.05, 0) is 24.1 Å². The maximum Gasteiger partial charge on any atom is 0.119 e. The van der Waals surface area contributed by atoms with E-state index < -0.39 is 24.4 Å². The van der Waals surface area contributed by atoms with Gasteiger partial charge >= 0.3 is 0 Å². The number of likely N-dealkylation sites (tertiary alicyclic amines) is 1. The van der Waals surface area contributed by atoms with E-state index in [1.54, 1.807) is 4.90 Å². The van der Waals surface area contributed by atoms with Gasteiger partial charge in [0.1, 0.15) is 18.0 Å². The molecule has 136 valence electrons. The number of β-amino-alcohol motifs (C(OH)–C–C–N with tert-alkyl or cyclic N) is 1. The first-order valence-corrected chi connectivity index (χ1v) is 8.67. The van der Waals surface area contributed by atoms with Gasteiger partial charge < -0.3 is 25.2 Å². The summed E-state index contributed by atoms with van der Waals surface area (Å²) in [6, 6.07) is 7.09. The minimum atomic E-state index is -1.22. The van der Waals surface area contributed by atoms with Gasteiger partial charge in [0.05, 0.1) is 25.4 Å². The van der Waals surface area contributed by atoms with Crippen LogP contribution >= 0.6 is 0 Å². The van der Waals surface area contributed by atoms with Crippen molar-refractivity contribution >= 4 is 0 Å². The molecular weight excluding hydrogens is 310 g/mol. The van der Waals surface area contributed by atoms with Crippen molar-refractivity contribution in [3.63, 3.8) is 0 Å². The van der Waals surface area contributed by atoms with Crippen LogP contribution in [-0.4, -0.2) is 69.4 Å². The van der Waals surface area contributed by atoms with E-state index in [-0.39, 0.29) is 13.2 Å². The normalized spacial score (nSPS) is 28.0. The summed E-state index contributed by atoms with van der Waals surface area (Å²) in [4.78, 5) is 1.79. The number of aliphatic hydroxyl groups excluding tert-OH is 4. The largest absolute Gasteiger partial charge is 0.494 e. The van der Waals surface area contributed by atoms with Gasteiger partial charge in [0.2, 0.25) is 0 Å². The predicted octanol–water partition coefficient (Wildman–Crippen LogP) is 0.515. The molecule has 1 aromatic carbocycles. The number of aliphatic hydroxyl groups is 4. The molecule has 2 rings (SSSR count). The van der Waals surface area contributed by atoms with Gasteiger partial charge in [0.25, 0.3) is 0 Å². The third kappa shape index (κ3) is 4.91. The van der Waals surface area contributed by atoms with E-state index >= 15 is 0 Å². The van der Waals surface area contributed by atoms with Crippen LogP contribution in [0.3, 0.4) is 0 Å². The first kappa shape index (κ1) is 19.1. The SMILES string of the molecule is CCCCCOc1ccc(CN2CC(O)C(O)C(O)C2CO)cc1. The van der Waals surface area contributed by atoms with Crippen LogP contribution in [0, 0.1) is 0 Å². The highest BCUT2D eigenvalue weighted by Crippen LogP contribution is 2.22. The number of piperidine rings is 1. The topological polar surface area (TPSA) is 93.4 Å². The Bertz CT molecular complexity index is 481. The van der Waals surface area contributed by atoms with Crippen molar-refractivity contribution in [2.75, 3.05) is 19.8 Å². The van der Waals surface area contributed by atoms with Crippen LogP contribution in [0.1, 0.15) is 31.7 Å². The lowest BCUT2D eigenvalue weighted by molar-refractivity contribution is -0.147. The molecular formula is C18H29NO5. The third-order valence-corrected chi connectivity index (χ3v) is 4.54. The van der Waals surface area contributed by atoms with E-state index in [1.165, 1.54) is 0 Å². The number of nitrogens with zero attached hydrogens (tertiary/aromatic N) is 1. The van der Waals surface area contributed by atoms with Crippen LogP contribution in [0.15, 0.2) is 24.3 Å². The van der Waals surface area contributed by atoms with Crippen LogP contribution < -0.4 is 4.74 Å². The monoisotopic (exact) mass is 339 g/mol. The Labute approximate surface area is 143 Å². The Hall–Kier alpha value is -1.18. The molecule has 6 nitrogen and oxygen atoms in total. The van der Waals surface area contributed by atoms with E-state index in [4.69, 9.17) is 4.74 Å². The second-order valence-electron chi connectivity index (χ2n) is 6.43. The van der Waals surface area contributed by atoms with Crippen LogP contribution in [0.5, 0.6) is 5.75 Å². The molecule has 1 aromatic rings. The molecule has 24 heavy (non-hydrogen) atoms. The number of unbranched alkanes of at least 4 members (excludes halogenated alkanes) is 2. The van der Waals surface area contributed by atoms with Gasteiger partial charge in [-0.15, -0.1) is 0 Å². The minimum absolute atomic E-state index is 0.207. The molecule has 0 aliphatic carbocycles. The van der Waals surface area contributed by atoms with Gasteiger partial charge in [-0.2, -0.15) is 0 Å². The van der Waals surface area contributed by atoms with Crippen LogP contribution in [-0.2, 0) is 6.54 Å². The number of ether oxygens (including phenoxy) is 1. The fourth-order valence-electron chi connectivity index (χ4n) is 3.03. The van der Waals surface area contributed by atoms with E-state index in [1.807, 2.05) is 24.3 Å².